The van der Waals surface area contributed by atoms with E-state index in [0.717, 1.165) is 0 Å². The molecular weight excluding hydrogens is 228 g/mol. The lowest BCUT2D eigenvalue weighted by Gasteiger charge is -2.11. The van der Waals surface area contributed by atoms with Crippen LogP contribution in [0.4, 0.5) is 0 Å². The van der Waals surface area contributed by atoms with E-state index in [1.165, 1.54) is 69.8 Å². The number of hydrogen-bond donors (Lipinski definition) is 0. The summed E-state index contributed by atoms with van der Waals surface area (Å²) in [6.45, 7) is 6.78. The van der Waals surface area contributed by atoms with Crippen molar-refractivity contribution in [1.82, 2.24) is 0 Å². The first-order valence-corrected chi connectivity index (χ1v) is 8.36. The molecule has 0 bridgehead atoms. The first-order valence-electron chi connectivity index (χ1n) is 8.36. The highest BCUT2D eigenvalue weighted by atomic mass is 14.1. The van der Waals surface area contributed by atoms with Crippen molar-refractivity contribution in [3.63, 3.8) is 0 Å². The summed E-state index contributed by atoms with van der Waals surface area (Å²) in [4.78, 5) is 0. The number of aryl methyl sites for hydroxylation is 3. The van der Waals surface area contributed by atoms with Gasteiger partial charge in [0, 0.05) is 0 Å². The molecule has 0 unspecified atom stereocenters. The Morgan fingerprint density at radius 2 is 1.26 bits per heavy atom. The fourth-order valence-corrected chi connectivity index (χ4v) is 2.72. The van der Waals surface area contributed by atoms with Gasteiger partial charge in [0.2, 0.25) is 0 Å². The summed E-state index contributed by atoms with van der Waals surface area (Å²) in [6.07, 6.45) is 13.5. The van der Waals surface area contributed by atoms with Gasteiger partial charge in [-0.2, -0.15) is 0 Å². The van der Waals surface area contributed by atoms with Gasteiger partial charge in [0.05, 0.1) is 0 Å². The zero-order chi connectivity index (χ0) is 13.9. The minimum absolute atomic E-state index is 1.28. The molecule has 0 heteroatoms. The van der Waals surface area contributed by atoms with Gasteiger partial charge in [-0.15, -0.1) is 0 Å². The smallest absolute Gasteiger partial charge is 0.0276 e. The van der Waals surface area contributed by atoms with Crippen molar-refractivity contribution in [3.8, 4) is 0 Å². The van der Waals surface area contributed by atoms with Crippen LogP contribution in [0.3, 0.4) is 0 Å². The van der Waals surface area contributed by atoms with Gasteiger partial charge in [-0.1, -0.05) is 76.1 Å². The molecular formula is C19H32. The van der Waals surface area contributed by atoms with Crippen LogP contribution < -0.4 is 0 Å². The first kappa shape index (κ1) is 16.3. The second-order valence-corrected chi connectivity index (χ2v) is 5.89. The molecule has 1 aromatic carbocycles. The predicted molar refractivity (Wildman–Crippen MR) is 86.9 cm³/mol. The van der Waals surface area contributed by atoms with E-state index in [-0.39, 0.29) is 0 Å². The summed E-state index contributed by atoms with van der Waals surface area (Å²) in [7, 11) is 0. The molecule has 0 saturated carbocycles. The van der Waals surface area contributed by atoms with Crippen LogP contribution in [0.5, 0.6) is 0 Å². The summed E-state index contributed by atoms with van der Waals surface area (Å²) in [5.41, 5.74) is 4.65. The van der Waals surface area contributed by atoms with Crippen LogP contribution in [-0.4, -0.2) is 0 Å². The average molecular weight is 260 g/mol. The highest BCUT2D eigenvalue weighted by molar-refractivity contribution is 5.31. The standard InChI is InChI=1S/C19H32/c1-4-6-8-10-12-18-15-14-17(3)16-19(18)13-11-9-7-5-2/h14-16H,4-13H2,1-3H3. The Morgan fingerprint density at radius 3 is 1.84 bits per heavy atom. The van der Waals surface area contributed by atoms with Crippen LogP contribution in [0.15, 0.2) is 18.2 Å². The Balaban J connectivity index is 2.48. The van der Waals surface area contributed by atoms with E-state index in [1.54, 1.807) is 11.1 Å². The normalized spacial score (nSPS) is 10.9. The van der Waals surface area contributed by atoms with Gasteiger partial charge in [0.25, 0.3) is 0 Å². The second kappa shape index (κ2) is 10.1. The highest BCUT2D eigenvalue weighted by Gasteiger charge is 2.03. The van der Waals surface area contributed by atoms with Crippen molar-refractivity contribution < 1.29 is 0 Å². The topological polar surface area (TPSA) is 0 Å². The molecule has 1 rings (SSSR count). The molecule has 0 saturated heterocycles. The van der Waals surface area contributed by atoms with Gasteiger partial charge in [-0.25, -0.2) is 0 Å². The van der Waals surface area contributed by atoms with Crippen molar-refractivity contribution >= 4 is 0 Å². The molecule has 0 aliphatic carbocycles. The maximum Gasteiger partial charge on any atom is -0.0276 e. The number of hydrogen-bond acceptors (Lipinski definition) is 0. The SMILES string of the molecule is CCCCCCc1ccc(C)cc1CCCCCC. The Bertz CT molecular complexity index is 338. The molecule has 0 atom stereocenters. The summed E-state index contributed by atoms with van der Waals surface area (Å²) < 4.78 is 0. The fourth-order valence-electron chi connectivity index (χ4n) is 2.72. The molecule has 0 aliphatic rings. The lowest BCUT2D eigenvalue weighted by molar-refractivity contribution is 0.650. The van der Waals surface area contributed by atoms with Gasteiger partial charge < -0.3 is 0 Å². The van der Waals surface area contributed by atoms with E-state index in [0.29, 0.717) is 0 Å². The summed E-state index contributed by atoms with van der Waals surface area (Å²) >= 11 is 0. The van der Waals surface area contributed by atoms with E-state index >= 15 is 0 Å². The first-order chi connectivity index (χ1) is 9.27. The van der Waals surface area contributed by atoms with Crippen LogP contribution in [-0.2, 0) is 12.8 Å². The van der Waals surface area contributed by atoms with Gasteiger partial charge in [-0.3, -0.25) is 0 Å². The lowest BCUT2D eigenvalue weighted by Crippen LogP contribution is -1.96. The Morgan fingerprint density at radius 1 is 0.684 bits per heavy atom. The Labute approximate surface area is 120 Å². The van der Waals surface area contributed by atoms with Gasteiger partial charge >= 0.3 is 0 Å². The third kappa shape index (κ3) is 6.80. The second-order valence-electron chi connectivity index (χ2n) is 5.89. The zero-order valence-corrected chi connectivity index (χ0v) is 13.3. The molecule has 0 fully saturated rings. The van der Waals surface area contributed by atoms with Crippen molar-refractivity contribution in [1.29, 1.82) is 0 Å². The van der Waals surface area contributed by atoms with Crippen LogP contribution in [0.2, 0.25) is 0 Å². The lowest BCUT2D eigenvalue weighted by atomic mass is 9.95. The predicted octanol–water partition coefficient (Wildman–Crippen LogP) is 6.24. The average Bonchev–Trinajstić information content (AvgIpc) is 2.41. The molecule has 0 spiro atoms. The van der Waals surface area contributed by atoms with E-state index < -0.39 is 0 Å². The van der Waals surface area contributed by atoms with Crippen molar-refractivity contribution in [3.05, 3.63) is 34.9 Å². The number of benzene rings is 1. The summed E-state index contributed by atoms with van der Waals surface area (Å²) in [5, 5.41) is 0. The molecule has 19 heavy (non-hydrogen) atoms. The minimum Gasteiger partial charge on any atom is -0.0654 e. The molecule has 0 radical (unpaired) electrons. The summed E-state index contributed by atoms with van der Waals surface area (Å²) in [5.74, 6) is 0. The maximum absolute atomic E-state index is 2.42. The minimum atomic E-state index is 1.28. The zero-order valence-electron chi connectivity index (χ0n) is 13.3. The van der Waals surface area contributed by atoms with Crippen molar-refractivity contribution in [2.75, 3.05) is 0 Å². The molecule has 0 nitrogen and oxygen atoms in total. The molecule has 0 heterocycles. The van der Waals surface area contributed by atoms with E-state index in [4.69, 9.17) is 0 Å². The van der Waals surface area contributed by atoms with E-state index in [9.17, 15) is 0 Å². The van der Waals surface area contributed by atoms with Crippen LogP contribution in [0, 0.1) is 6.92 Å². The van der Waals surface area contributed by atoms with Crippen LogP contribution in [0.25, 0.3) is 0 Å². The van der Waals surface area contributed by atoms with E-state index in [2.05, 4.69) is 39.0 Å². The quantitative estimate of drug-likeness (QED) is 0.437. The van der Waals surface area contributed by atoms with Crippen LogP contribution in [0.1, 0.15) is 81.9 Å². The molecule has 1 aromatic rings. The number of unbranched alkanes of at least 4 members (excludes halogenated alkanes) is 6. The third-order valence-electron chi connectivity index (χ3n) is 3.96. The summed E-state index contributed by atoms with van der Waals surface area (Å²) in [6, 6.07) is 7.07. The largest absolute Gasteiger partial charge is 0.0654 e. The number of rotatable bonds is 10. The molecule has 0 amide bonds. The maximum atomic E-state index is 2.42. The monoisotopic (exact) mass is 260 g/mol. The van der Waals surface area contributed by atoms with Crippen molar-refractivity contribution in [2.24, 2.45) is 0 Å². The Kier molecular flexibility index (Phi) is 8.62. The van der Waals surface area contributed by atoms with E-state index in [1.807, 2.05) is 0 Å². The third-order valence-corrected chi connectivity index (χ3v) is 3.96. The molecule has 0 aliphatic heterocycles. The van der Waals surface area contributed by atoms with Gasteiger partial charge in [0.1, 0.15) is 0 Å². The molecule has 0 N–H and O–H groups in total. The fraction of sp³-hybridized carbons (Fsp3) is 0.684. The highest BCUT2D eigenvalue weighted by Crippen LogP contribution is 2.18. The van der Waals surface area contributed by atoms with Gasteiger partial charge in [-0.05, 0) is 43.7 Å². The Hall–Kier alpha value is -0.780. The van der Waals surface area contributed by atoms with Crippen molar-refractivity contribution in [2.45, 2.75) is 85.0 Å². The molecule has 0 aromatic heterocycles. The van der Waals surface area contributed by atoms with Crippen LogP contribution >= 0.6 is 0 Å². The molecule has 108 valence electrons. The van der Waals surface area contributed by atoms with Gasteiger partial charge in [0.15, 0.2) is 0 Å².